The third-order valence-electron chi connectivity index (χ3n) is 2.61. The van der Waals surface area contributed by atoms with E-state index in [9.17, 15) is 4.79 Å². The SMILES string of the molecule is Cc1ccc(-c2nnc3ccc(C(=O)O)cn23)o1. The van der Waals surface area contributed by atoms with Crippen molar-refractivity contribution in [3.63, 3.8) is 0 Å². The van der Waals surface area contributed by atoms with Crippen molar-refractivity contribution in [2.24, 2.45) is 0 Å². The van der Waals surface area contributed by atoms with E-state index in [4.69, 9.17) is 9.52 Å². The second kappa shape index (κ2) is 3.69. The first-order valence-electron chi connectivity index (χ1n) is 5.30. The van der Waals surface area contributed by atoms with Gasteiger partial charge in [-0.15, -0.1) is 10.2 Å². The normalized spacial score (nSPS) is 10.9. The largest absolute Gasteiger partial charge is 0.478 e. The highest BCUT2D eigenvalue weighted by molar-refractivity contribution is 5.87. The molecule has 3 rings (SSSR count). The van der Waals surface area contributed by atoms with Gasteiger partial charge in [-0.25, -0.2) is 4.79 Å². The summed E-state index contributed by atoms with van der Waals surface area (Å²) in [6.45, 7) is 1.83. The maximum atomic E-state index is 10.9. The maximum Gasteiger partial charge on any atom is 0.337 e. The average Bonchev–Trinajstić information content (AvgIpc) is 2.93. The van der Waals surface area contributed by atoms with E-state index in [1.54, 1.807) is 16.5 Å². The molecule has 0 atom stereocenters. The van der Waals surface area contributed by atoms with E-state index in [0.29, 0.717) is 17.2 Å². The number of nitrogens with zero attached hydrogens (tertiary/aromatic N) is 3. The van der Waals surface area contributed by atoms with Crippen LogP contribution in [0.25, 0.3) is 17.2 Å². The number of aromatic nitrogens is 3. The topological polar surface area (TPSA) is 80.6 Å². The molecule has 3 aromatic rings. The first-order valence-corrected chi connectivity index (χ1v) is 5.30. The minimum absolute atomic E-state index is 0.173. The number of hydrogen-bond donors (Lipinski definition) is 1. The zero-order valence-corrected chi connectivity index (χ0v) is 9.49. The van der Waals surface area contributed by atoms with E-state index >= 15 is 0 Å². The highest BCUT2D eigenvalue weighted by atomic mass is 16.4. The van der Waals surface area contributed by atoms with Crippen LogP contribution in [0.3, 0.4) is 0 Å². The van der Waals surface area contributed by atoms with Gasteiger partial charge in [0, 0.05) is 6.20 Å². The molecular formula is C12H9N3O3. The van der Waals surface area contributed by atoms with E-state index < -0.39 is 5.97 Å². The van der Waals surface area contributed by atoms with Gasteiger partial charge in [0.2, 0.25) is 5.82 Å². The molecule has 0 saturated heterocycles. The monoisotopic (exact) mass is 243 g/mol. The van der Waals surface area contributed by atoms with E-state index in [2.05, 4.69) is 10.2 Å². The van der Waals surface area contributed by atoms with Crippen molar-refractivity contribution >= 4 is 11.6 Å². The fourth-order valence-corrected chi connectivity index (χ4v) is 1.74. The molecule has 3 aromatic heterocycles. The molecule has 0 aliphatic heterocycles. The Bertz CT molecular complexity index is 742. The third-order valence-corrected chi connectivity index (χ3v) is 2.61. The lowest BCUT2D eigenvalue weighted by Gasteiger charge is -1.98. The third kappa shape index (κ3) is 1.55. The van der Waals surface area contributed by atoms with Gasteiger partial charge in [-0.3, -0.25) is 4.40 Å². The molecule has 0 fully saturated rings. The summed E-state index contributed by atoms with van der Waals surface area (Å²) in [6, 6.07) is 6.69. The molecule has 0 spiro atoms. The number of furan rings is 1. The van der Waals surface area contributed by atoms with Crippen molar-refractivity contribution in [1.82, 2.24) is 14.6 Å². The molecule has 0 amide bonds. The van der Waals surface area contributed by atoms with Crippen molar-refractivity contribution < 1.29 is 14.3 Å². The lowest BCUT2D eigenvalue weighted by molar-refractivity contribution is 0.0696. The van der Waals surface area contributed by atoms with E-state index in [1.807, 2.05) is 13.0 Å². The summed E-state index contributed by atoms with van der Waals surface area (Å²) in [7, 11) is 0. The van der Waals surface area contributed by atoms with Crippen LogP contribution in [0.5, 0.6) is 0 Å². The number of rotatable bonds is 2. The Labute approximate surface area is 101 Å². The molecule has 18 heavy (non-hydrogen) atoms. The predicted octanol–water partition coefficient (Wildman–Crippen LogP) is 2.00. The van der Waals surface area contributed by atoms with Gasteiger partial charge in [0.25, 0.3) is 0 Å². The number of carboxylic acids is 1. The van der Waals surface area contributed by atoms with Gasteiger partial charge in [0.15, 0.2) is 11.4 Å². The number of pyridine rings is 1. The van der Waals surface area contributed by atoms with Crippen LogP contribution in [0.15, 0.2) is 34.9 Å². The molecule has 0 radical (unpaired) electrons. The zero-order valence-electron chi connectivity index (χ0n) is 9.49. The summed E-state index contributed by atoms with van der Waals surface area (Å²) < 4.78 is 7.06. The lowest BCUT2D eigenvalue weighted by Crippen LogP contribution is -1.99. The predicted molar refractivity (Wildman–Crippen MR) is 62.4 cm³/mol. The fourth-order valence-electron chi connectivity index (χ4n) is 1.74. The van der Waals surface area contributed by atoms with Gasteiger partial charge in [-0.05, 0) is 31.2 Å². The Kier molecular flexibility index (Phi) is 2.16. The summed E-state index contributed by atoms with van der Waals surface area (Å²) in [5.41, 5.74) is 0.746. The molecule has 0 aromatic carbocycles. The number of hydrogen-bond acceptors (Lipinski definition) is 4. The molecule has 0 aliphatic carbocycles. The Morgan fingerprint density at radius 2 is 2.11 bits per heavy atom. The van der Waals surface area contributed by atoms with Gasteiger partial charge in [0.05, 0.1) is 5.56 Å². The molecule has 3 heterocycles. The maximum absolute atomic E-state index is 10.9. The van der Waals surface area contributed by atoms with Crippen LogP contribution < -0.4 is 0 Å². The standard InChI is InChI=1S/C12H9N3O3/c1-7-2-4-9(18-7)11-14-13-10-5-3-8(12(16)17)6-15(10)11/h2-6H,1H3,(H,16,17). The molecule has 1 N–H and O–H groups in total. The molecule has 6 heteroatoms. The summed E-state index contributed by atoms with van der Waals surface area (Å²) in [6.07, 6.45) is 1.48. The van der Waals surface area contributed by atoms with Crippen LogP contribution in [-0.4, -0.2) is 25.7 Å². The molecular weight excluding hydrogens is 234 g/mol. The minimum atomic E-state index is -0.993. The van der Waals surface area contributed by atoms with Gasteiger partial charge in [-0.2, -0.15) is 0 Å². The molecule has 90 valence electrons. The van der Waals surface area contributed by atoms with Crippen LogP contribution in [-0.2, 0) is 0 Å². The molecule has 6 nitrogen and oxygen atoms in total. The minimum Gasteiger partial charge on any atom is -0.478 e. The Balaban J connectivity index is 2.23. The van der Waals surface area contributed by atoms with Crippen molar-refractivity contribution in [2.75, 3.05) is 0 Å². The van der Waals surface area contributed by atoms with E-state index in [0.717, 1.165) is 5.76 Å². The average molecular weight is 243 g/mol. The van der Waals surface area contributed by atoms with Crippen molar-refractivity contribution in [3.05, 3.63) is 41.8 Å². The first kappa shape index (κ1) is 10.5. The smallest absolute Gasteiger partial charge is 0.337 e. The van der Waals surface area contributed by atoms with Crippen LogP contribution in [0.4, 0.5) is 0 Å². The fraction of sp³-hybridized carbons (Fsp3) is 0.0833. The zero-order chi connectivity index (χ0) is 12.7. The Morgan fingerprint density at radius 3 is 2.78 bits per heavy atom. The van der Waals surface area contributed by atoms with E-state index in [-0.39, 0.29) is 5.56 Å². The first-order chi connectivity index (χ1) is 8.65. The number of aromatic carboxylic acids is 1. The summed E-state index contributed by atoms with van der Waals surface area (Å²) in [5, 5.41) is 16.9. The number of fused-ring (bicyclic) bond motifs is 1. The molecule has 0 aliphatic rings. The Morgan fingerprint density at radius 1 is 1.28 bits per heavy atom. The van der Waals surface area contributed by atoms with Crippen LogP contribution in [0.1, 0.15) is 16.1 Å². The summed E-state index contributed by atoms with van der Waals surface area (Å²) >= 11 is 0. The lowest BCUT2D eigenvalue weighted by atomic mass is 10.3. The van der Waals surface area contributed by atoms with Crippen LogP contribution in [0, 0.1) is 6.92 Å². The van der Waals surface area contributed by atoms with Crippen LogP contribution >= 0.6 is 0 Å². The molecule has 0 unspecified atom stereocenters. The number of carboxylic acid groups (broad SMARTS) is 1. The van der Waals surface area contributed by atoms with Gasteiger partial charge < -0.3 is 9.52 Å². The second-order valence-electron chi connectivity index (χ2n) is 3.89. The van der Waals surface area contributed by atoms with Gasteiger partial charge >= 0.3 is 5.97 Å². The number of carbonyl (C=O) groups is 1. The van der Waals surface area contributed by atoms with E-state index in [1.165, 1.54) is 12.3 Å². The van der Waals surface area contributed by atoms with Crippen molar-refractivity contribution in [1.29, 1.82) is 0 Å². The van der Waals surface area contributed by atoms with Crippen LogP contribution in [0.2, 0.25) is 0 Å². The Hall–Kier alpha value is -2.63. The quantitative estimate of drug-likeness (QED) is 0.744. The highest BCUT2D eigenvalue weighted by Gasteiger charge is 2.13. The summed E-state index contributed by atoms with van der Waals surface area (Å²) in [4.78, 5) is 10.9. The van der Waals surface area contributed by atoms with Crippen molar-refractivity contribution in [2.45, 2.75) is 6.92 Å². The molecule has 0 saturated carbocycles. The van der Waals surface area contributed by atoms with Gasteiger partial charge in [-0.1, -0.05) is 0 Å². The van der Waals surface area contributed by atoms with Crippen molar-refractivity contribution in [3.8, 4) is 11.6 Å². The highest BCUT2D eigenvalue weighted by Crippen LogP contribution is 2.21. The number of aryl methyl sites for hydroxylation is 1. The van der Waals surface area contributed by atoms with Gasteiger partial charge in [0.1, 0.15) is 5.76 Å². The second-order valence-corrected chi connectivity index (χ2v) is 3.89. The summed E-state index contributed by atoms with van der Waals surface area (Å²) in [5.74, 6) is 0.812. The molecule has 0 bridgehead atoms.